The lowest BCUT2D eigenvalue weighted by Gasteiger charge is -2.24. The van der Waals surface area contributed by atoms with Crippen molar-refractivity contribution >= 4 is 16.0 Å². The third-order valence-corrected chi connectivity index (χ3v) is 6.87. The summed E-state index contributed by atoms with van der Waals surface area (Å²) >= 11 is 0. The summed E-state index contributed by atoms with van der Waals surface area (Å²) in [5.74, 6) is -0.661. The number of sulfonamides is 1. The summed E-state index contributed by atoms with van der Waals surface area (Å²) in [5.41, 5.74) is 2.79. The maximum Gasteiger partial charge on any atom is 0.341 e. The molecule has 0 spiro atoms. The summed E-state index contributed by atoms with van der Waals surface area (Å²) in [7, 11) is -3.81. The van der Waals surface area contributed by atoms with Crippen LogP contribution in [0.4, 0.5) is 0 Å². The van der Waals surface area contributed by atoms with E-state index in [4.69, 9.17) is 9.84 Å². The molecular formula is C30H48N2O5S. The third-order valence-electron chi connectivity index (χ3n) is 5.10. The van der Waals surface area contributed by atoms with E-state index in [-0.39, 0.29) is 60.5 Å². The van der Waals surface area contributed by atoms with Gasteiger partial charge in [-0.05, 0) is 46.4 Å². The summed E-state index contributed by atoms with van der Waals surface area (Å²) < 4.78 is 33.4. The number of hydrogen-bond acceptors (Lipinski definition) is 5. The molecule has 7 nitrogen and oxygen atoms in total. The van der Waals surface area contributed by atoms with Gasteiger partial charge < -0.3 is 9.84 Å². The van der Waals surface area contributed by atoms with Crippen LogP contribution >= 0.6 is 0 Å². The Morgan fingerprint density at radius 1 is 0.868 bits per heavy atom. The minimum atomic E-state index is -3.81. The number of carboxylic acids is 1. The van der Waals surface area contributed by atoms with Crippen molar-refractivity contribution in [3.8, 4) is 5.75 Å². The second kappa shape index (κ2) is 16.6. The predicted octanol–water partition coefficient (Wildman–Crippen LogP) is 7.41. The highest BCUT2D eigenvalue weighted by Gasteiger charge is 2.25. The zero-order valence-electron chi connectivity index (χ0n) is 18.9. The Balaban J connectivity index is -0.00000245. The lowest BCUT2D eigenvalue weighted by atomic mass is 9.87. The molecule has 0 saturated heterocycles. The van der Waals surface area contributed by atoms with Crippen LogP contribution in [0.25, 0.3) is 0 Å². The van der Waals surface area contributed by atoms with Gasteiger partial charge in [-0.15, -0.1) is 0 Å². The van der Waals surface area contributed by atoms with Crippen LogP contribution in [0, 0.1) is 0 Å². The molecule has 1 aromatic heterocycles. The normalized spacial score (nSPS) is 10.4. The zero-order valence-corrected chi connectivity index (χ0v) is 19.7. The standard InChI is InChI=1S/C25H28N2O5S.5CH4/c1-25(2,3)21-10-6-19(7-11-21)16-27(33(30,31)23-5-4-14-26-15-23)17-20-8-12-22(13-9-20)32-18-24(28)29;;;;;/h4-15H,16-18H2,1-3H3,(H,28,29);5*1H4. The van der Waals surface area contributed by atoms with E-state index in [1.54, 1.807) is 30.3 Å². The maximum absolute atomic E-state index is 13.4. The van der Waals surface area contributed by atoms with Gasteiger partial charge in [-0.25, -0.2) is 13.2 Å². The van der Waals surface area contributed by atoms with E-state index in [9.17, 15) is 13.2 Å². The van der Waals surface area contributed by atoms with Gasteiger partial charge in [0.2, 0.25) is 10.0 Å². The van der Waals surface area contributed by atoms with Gasteiger partial charge >= 0.3 is 5.97 Å². The first-order valence-electron chi connectivity index (χ1n) is 10.5. The van der Waals surface area contributed by atoms with Crippen molar-refractivity contribution in [1.29, 1.82) is 0 Å². The number of nitrogens with zero attached hydrogens (tertiary/aromatic N) is 2. The van der Waals surface area contributed by atoms with Gasteiger partial charge in [0.05, 0.1) is 0 Å². The number of aromatic nitrogens is 1. The summed E-state index contributed by atoms with van der Waals surface area (Å²) in [6.07, 6.45) is 2.87. The van der Waals surface area contributed by atoms with Crippen molar-refractivity contribution in [1.82, 2.24) is 9.29 Å². The fraction of sp³-hybridized carbons (Fsp3) is 0.400. The zero-order chi connectivity index (χ0) is 24.1. The van der Waals surface area contributed by atoms with Crippen LogP contribution in [0.15, 0.2) is 78.0 Å². The lowest BCUT2D eigenvalue weighted by molar-refractivity contribution is -0.139. The monoisotopic (exact) mass is 548 g/mol. The molecule has 0 fully saturated rings. The van der Waals surface area contributed by atoms with E-state index in [0.717, 1.165) is 11.1 Å². The molecule has 0 saturated carbocycles. The topological polar surface area (TPSA) is 96.8 Å². The van der Waals surface area contributed by atoms with Crippen LogP contribution in [-0.2, 0) is 33.3 Å². The Hall–Kier alpha value is -3.23. The molecule has 3 aromatic rings. The van der Waals surface area contributed by atoms with Gasteiger partial charge in [0, 0.05) is 25.5 Å². The number of ether oxygens (including phenoxy) is 1. The molecule has 0 radical (unpaired) electrons. The molecule has 3 rings (SSSR count). The summed E-state index contributed by atoms with van der Waals surface area (Å²) in [6.45, 7) is 6.28. The number of carboxylic acid groups (broad SMARTS) is 1. The van der Waals surface area contributed by atoms with Gasteiger partial charge in [-0.3, -0.25) is 4.98 Å². The molecule has 2 aromatic carbocycles. The molecule has 1 N–H and O–H groups in total. The van der Waals surface area contributed by atoms with E-state index >= 15 is 0 Å². The first-order valence-corrected chi connectivity index (χ1v) is 11.9. The van der Waals surface area contributed by atoms with Crippen molar-refractivity contribution in [2.45, 2.75) is 81.3 Å². The average Bonchev–Trinajstić information content (AvgIpc) is 2.78. The van der Waals surface area contributed by atoms with Gasteiger partial charge in [-0.1, -0.05) is 94.3 Å². The van der Waals surface area contributed by atoms with Gasteiger partial charge in [0.25, 0.3) is 0 Å². The Kier molecular flexibility index (Phi) is 17.1. The van der Waals surface area contributed by atoms with E-state index in [0.29, 0.717) is 5.75 Å². The van der Waals surface area contributed by atoms with Crippen LogP contribution < -0.4 is 4.74 Å². The van der Waals surface area contributed by atoms with E-state index < -0.39 is 22.6 Å². The Bertz CT molecular complexity index is 1170. The van der Waals surface area contributed by atoms with Crippen molar-refractivity contribution in [3.05, 3.63) is 89.7 Å². The third kappa shape index (κ3) is 10.6. The molecule has 38 heavy (non-hydrogen) atoms. The van der Waals surface area contributed by atoms with Gasteiger partial charge in [0.15, 0.2) is 6.61 Å². The highest BCUT2D eigenvalue weighted by molar-refractivity contribution is 7.89. The fourth-order valence-corrected chi connectivity index (χ4v) is 4.61. The summed E-state index contributed by atoms with van der Waals surface area (Å²) in [6, 6.07) is 17.8. The smallest absolute Gasteiger partial charge is 0.341 e. The molecule has 1 heterocycles. The molecule has 0 unspecified atom stereocenters. The quantitative estimate of drug-likeness (QED) is 0.299. The van der Waals surface area contributed by atoms with Crippen molar-refractivity contribution in [2.24, 2.45) is 0 Å². The first-order chi connectivity index (χ1) is 15.6. The first kappa shape index (κ1) is 39.3. The van der Waals surface area contributed by atoms with Gasteiger partial charge in [0.1, 0.15) is 10.6 Å². The number of rotatable bonds is 9. The lowest BCUT2D eigenvalue weighted by Crippen LogP contribution is -2.30. The minimum absolute atomic E-state index is 0. The molecule has 0 aliphatic carbocycles. The Labute approximate surface area is 231 Å². The number of aliphatic carboxylic acids is 1. The number of hydrogen-bond donors (Lipinski definition) is 1. The van der Waals surface area contributed by atoms with Crippen LogP contribution in [0.2, 0.25) is 0 Å². The number of carbonyl (C=O) groups is 1. The summed E-state index contributed by atoms with van der Waals surface area (Å²) in [5, 5.41) is 8.74. The highest BCUT2D eigenvalue weighted by Crippen LogP contribution is 2.25. The van der Waals surface area contributed by atoms with Crippen molar-refractivity contribution < 1.29 is 23.1 Å². The highest BCUT2D eigenvalue weighted by atomic mass is 32.2. The van der Waals surface area contributed by atoms with Crippen molar-refractivity contribution in [3.63, 3.8) is 0 Å². The van der Waals surface area contributed by atoms with Crippen LogP contribution in [0.1, 0.15) is 74.6 Å². The maximum atomic E-state index is 13.4. The summed E-state index contributed by atoms with van der Waals surface area (Å²) in [4.78, 5) is 14.8. The Morgan fingerprint density at radius 2 is 1.37 bits per heavy atom. The van der Waals surface area contributed by atoms with E-state index in [1.807, 2.05) is 24.3 Å². The predicted molar refractivity (Wildman–Crippen MR) is 159 cm³/mol. The van der Waals surface area contributed by atoms with Crippen molar-refractivity contribution in [2.75, 3.05) is 6.61 Å². The molecule has 0 aliphatic heterocycles. The molecule has 0 bridgehead atoms. The molecule has 8 heteroatoms. The second-order valence-electron chi connectivity index (χ2n) is 8.74. The number of benzene rings is 2. The van der Waals surface area contributed by atoms with E-state index in [2.05, 4.69) is 25.8 Å². The largest absolute Gasteiger partial charge is 0.482 e. The molecule has 0 aliphatic rings. The molecular weight excluding hydrogens is 500 g/mol. The van der Waals surface area contributed by atoms with Crippen LogP contribution in [0.3, 0.4) is 0 Å². The second-order valence-corrected chi connectivity index (χ2v) is 10.7. The molecule has 0 atom stereocenters. The van der Waals surface area contributed by atoms with Crippen LogP contribution in [-0.4, -0.2) is 35.4 Å². The van der Waals surface area contributed by atoms with Gasteiger partial charge in [-0.2, -0.15) is 4.31 Å². The number of pyridine rings is 1. The van der Waals surface area contributed by atoms with E-state index in [1.165, 1.54) is 28.3 Å². The molecule has 0 amide bonds. The Morgan fingerprint density at radius 3 is 1.79 bits per heavy atom. The SMILES string of the molecule is C.C.C.C.C.CC(C)(C)c1ccc(CN(Cc2ccc(OCC(=O)O)cc2)S(=O)(=O)c2cccnc2)cc1. The minimum Gasteiger partial charge on any atom is -0.482 e. The fourth-order valence-electron chi connectivity index (χ4n) is 3.23. The molecule has 214 valence electrons. The average molecular weight is 549 g/mol. The van der Waals surface area contributed by atoms with Crippen LogP contribution in [0.5, 0.6) is 5.75 Å².